The van der Waals surface area contributed by atoms with E-state index in [1.165, 1.54) is 0 Å². The zero-order chi connectivity index (χ0) is 18.9. The fourth-order valence-corrected chi connectivity index (χ4v) is 3.55. The van der Waals surface area contributed by atoms with Gasteiger partial charge in [0.25, 0.3) is 5.56 Å². The number of aromatic amines is 1. The normalized spacial score (nSPS) is 20.6. The van der Waals surface area contributed by atoms with Gasteiger partial charge in [-0.05, 0) is 50.3 Å². The van der Waals surface area contributed by atoms with Gasteiger partial charge < -0.3 is 4.98 Å². The molecule has 1 heterocycles. The van der Waals surface area contributed by atoms with Gasteiger partial charge in [-0.2, -0.15) is 18.4 Å². The summed E-state index contributed by atoms with van der Waals surface area (Å²) in [5.41, 5.74) is 1.79. The molecule has 1 aromatic carbocycles. The Bertz CT molecular complexity index is 886. The lowest BCUT2D eigenvalue weighted by Gasteiger charge is -2.29. The van der Waals surface area contributed by atoms with E-state index in [2.05, 4.69) is 9.97 Å². The minimum absolute atomic E-state index is 0.0638. The first-order valence-electron chi connectivity index (χ1n) is 8.47. The van der Waals surface area contributed by atoms with Gasteiger partial charge in [-0.3, -0.25) is 4.79 Å². The highest BCUT2D eigenvalue weighted by Crippen LogP contribution is 2.42. The molecule has 1 aromatic heterocycles. The second-order valence-corrected chi connectivity index (χ2v) is 6.69. The first kappa shape index (κ1) is 18.2. The summed E-state index contributed by atoms with van der Waals surface area (Å²) in [4.78, 5) is 19.8. The maximum absolute atomic E-state index is 12.8. The molecule has 1 aliphatic carbocycles. The smallest absolute Gasteiger partial charge is 0.310 e. The SMILES string of the molecule is Cc1nc([C@H]2CC[C@@H](C(F)(F)F)CC2)[nH]c(=O)c1-c1ccc(C#N)cc1. The van der Waals surface area contributed by atoms with Crippen LogP contribution < -0.4 is 5.56 Å². The molecule has 0 spiro atoms. The second kappa shape index (κ2) is 6.94. The fraction of sp³-hybridized carbons (Fsp3) is 0.421. The Morgan fingerprint density at radius 1 is 1.15 bits per heavy atom. The molecule has 136 valence electrons. The predicted octanol–water partition coefficient (Wildman–Crippen LogP) is 4.45. The van der Waals surface area contributed by atoms with E-state index in [0.29, 0.717) is 41.1 Å². The lowest BCUT2D eigenvalue weighted by molar-refractivity contribution is -0.182. The minimum atomic E-state index is -4.15. The molecule has 4 nitrogen and oxygen atoms in total. The van der Waals surface area contributed by atoms with Gasteiger partial charge in [0.15, 0.2) is 0 Å². The number of H-pyrrole nitrogens is 1. The number of nitrogens with zero attached hydrogens (tertiary/aromatic N) is 2. The van der Waals surface area contributed by atoms with Crippen molar-refractivity contribution in [2.24, 2.45) is 5.92 Å². The first-order valence-corrected chi connectivity index (χ1v) is 8.47. The van der Waals surface area contributed by atoms with Gasteiger partial charge in [-0.1, -0.05) is 12.1 Å². The summed E-state index contributed by atoms with van der Waals surface area (Å²) in [5, 5.41) is 8.86. The quantitative estimate of drug-likeness (QED) is 0.859. The number of aromatic nitrogens is 2. The average Bonchev–Trinajstić information content (AvgIpc) is 2.61. The Balaban J connectivity index is 1.84. The molecule has 0 aliphatic heterocycles. The van der Waals surface area contributed by atoms with E-state index >= 15 is 0 Å². The molecular weight excluding hydrogens is 343 g/mol. The molecule has 0 amide bonds. The lowest BCUT2D eigenvalue weighted by atomic mass is 9.81. The summed E-state index contributed by atoms with van der Waals surface area (Å²) in [7, 11) is 0. The molecule has 2 aromatic rings. The molecule has 0 bridgehead atoms. The van der Waals surface area contributed by atoms with Crippen LogP contribution in [0.1, 0.15) is 48.7 Å². The highest BCUT2D eigenvalue weighted by molar-refractivity contribution is 5.65. The highest BCUT2D eigenvalue weighted by Gasteiger charge is 2.41. The lowest BCUT2D eigenvalue weighted by Crippen LogP contribution is -2.28. The Kier molecular flexibility index (Phi) is 4.86. The number of aryl methyl sites for hydroxylation is 1. The Morgan fingerprint density at radius 2 is 1.77 bits per heavy atom. The topological polar surface area (TPSA) is 69.5 Å². The molecule has 0 radical (unpaired) electrons. The molecule has 1 aliphatic rings. The van der Waals surface area contributed by atoms with E-state index in [4.69, 9.17) is 5.26 Å². The van der Waals surface area contributed by atoms with E-state index < -0.39 is 12.1 Å². The highest BCUT2D eigenvalue weighted by atomic mass is 19.4. The number of benzene rings is 1. The number of nitrogens with one attached hydrogen (secondary N) is 1. The molecule has 0 unspecified atom stereocenters. The van der Waals surface area contributed by atoms with Crippen molar-refractivity contribution >= 4 is 0 Å². The van der Waals surface area contributed by atoms with Crippen molar-refractivity contribution in [3.8, 4) is 17.2 Å². The standard InChI is InChI=1S/C19H18F3N3O/c1-11-16(13-4-2-12(10-23)3-5-13)18(26)25-17(24-11)14-6-8-15(9-7-14)19(20,21)22/h2-5,14-15H,6-9H2,1H3,(H,24,25,26)/t14-,15+. The van der Waals surface area contributed by atoms with Gasteiger partial charge in [0.1, 0.15) is 5.82 Å². The molecular formula is C19H18F3N3O. The van der Waals surface area contributed by atoms with Crippen LogP contribution in [0, 0.1) is 24.2 Å². The third-order valence-electron chi connectivity index (χ3n) is 5.00. The summed E-state index contributed by atoms with van der Waals surface area (Å²) in [5.74, 6) is -0.954. The third-order valence-corrected chi connectivity index (χ3v) is 5.00. The number of hydrogen-bond acceptors (Lipinski definition) is 3. The number of alkyl halides is 3. The van der Waals surface area contributed by atoms with E-state index in [1.807, 2.05) is 6.07 Å². The van der Waals surface area contributed by atoms with Crippen LogP contribution >= 0.6 is 0 Å². The van der Waals surface area contributed by atoms with Crippen LogP contribution in [-0.2, 0) is 0 Å². The number of nitriles is 1. The molecule has 0 atom stereocenters. The summed E-state index contributed by atoms with van der Waals surface area (Å²) < 4.78 is 38.4. The molecule has 1 fully saturated rings. The largest absolute Gasteiger partial charge is 0.391 e. The second-order valence-electron chi connectivity index (χ2n) is 6.69. The zero-order valence-electron chi connectivity index (χ0n) is 14.2. The van der Waals surface area contributed by atoms with Crippen molar-refractivity contribution in [2.45, 2.75) is 44.7 Å². The third kappa shape index (κ3) is 3.64. The van der Waals surface area contributed by atoms with Crippen LogP contribution in [0.5, 0.6) is 0 Å². The van der Waals surface area contributed by atoms with E-state index in [1.54, 1.807) is 31.2 Å². The van der Waals surface area contributed by atoms with Crippen LogP contribution in [0.25, 0.3) is 11.1 Å². The Labute approximate surface area is 148 Å². The van der Waals surface area contributed by atoms with Crippen LogP contribution in [0.15, 0.2) is 29.1 Å². The first-order chi connectivity index (χ1) is 12.3. The summed E-state index contributed by atoms with van der Waals surface area (Å²) in [6.45, 7) is 1.72. The van der Waals surface area contributed by atoms with E-state index in [0.717, 1.165) is 0 Å². The number of halogens is 3. The van der Waals surface area contributed by atoms with Gasteiger partial charge in [-0.25, -0.2) is 4.98 Å². The number of hydrogen-bond donors (Lipinski definition) is 1. The van der Waals surface area contributed by atoms with Crippen molar-refractivity contribution < 1.29 is 13.2 Å². The summed E-state index contributed by atoms with van der Waals surface area (Å²) in [6, 6.07) is 8.64. The van der Waals surface area contributed by atoms with Gasteiger partial charge in [-0.15, -0.1) is 0 Å². The van der Waals surface area contributed by atoms with Crippen LogP contribution in [0.2, 0.25) is 0 Å². The van der Waals surface area contributed by atoms with Crippen LogP contribution in [-0.4, -0.2) is 16.1 Å². The number of rotatable bonds is 2. The zero-order valence-corrected chi connectivity index (χ0v) is 14.2. The van der Waals surface area contributed by atoms with E-state index in [-0.39, 0.29) is 24.3 Å². The summed E-state index contributed by atoms with van der Waals surface area (Å²) in [6.07, 6.45) is -3.30. The van der Waals surface area contributed by atoms with E-state index in [9.17, 15) is 18.0 Å². The van der Waals surface area contributed by atoms with Crippen molar-refractivity contribution in [1.29, 1.82) is 5.26 Å². The van der Waals surface area contributed by atoms with Gasteiger partial charge in [0.2, 0.25) is 0 Å². The molecule has 3 rings (SSSR count). The van der Waals surface area contributed by atoms with Crippen molar-refractivity contribution in [2.75, 3.05) is 0 Å². The fourth-order valence-electron chi connectivity index (χ4n) is 3.55. The van der Waals surface area contributed by atoms with Crippen molar-refractivity contribution in [3.05, 3.63) is 51.7 Å². The molecule has 1 saturated carbocycles. The molecule has 0 saturated heterocycles. The summed E-state index contributed by atoms with van der Waals surface area (Å²) >= 11 is 0. The minimum Gasteiger partial charge on any atom is -0.310 e. The molecule has 1 N–H and O–H groups in total. The maximum Gasteiger partial charge on any atom is 0.391 e. The van der Waals surface area contributed by atoms with Gasteiger partial charge >= 0.3 is 6.18 Å². The van der Waals surface area contributed by atoms with Crippen LogP contribution in [0.4, 0.5) is 13.2 Å². The van der Waals surface area contributed by atoms with Crippen molar-refractivity contribution in [3.63, 3.8) is 0 Å². The predicted molar refractivity (Wildman–Crippen MR) is 90.5 cm³/mol. The maximum atomic E-state index is 12.8. The monoisotopic (exact) mass is 361 g/mol. The van der Waals surface area contributed by atoms with Crippen LogP contribution in [0.3, 0.4) is 0 Å². The van der Waals surface area contributed by atoms with Gasteiger partial charge in [0.05, 0.1) is 28.8 Å². The molecule has 7 heteroatoms. The van der Waals surface area contributed by atoms with Crippen molar-refractivity contribution in [1.82, 2.24) is 9.97 Å². The Hall–Kier alpha value is -2.62. The van der Waals surface area contributed by atoms with Gasteiger partial charge in [0, 0.05) is 5.92 Å². The molecule has 26 heavy (non-hydrogen) atoms. The average molecular weight is 361 g/mol. The Morgan fingerprint density at radius 3 is 2.27 bits per heavy atom.